The maximum Gasteiger partial charge on any atom is 0.262 e. The second kappa shape index (κ2) is 9.22. The molecule has 2 aliphatic rings. The van der Waals surface area contributed by atoms with Gasteiger partial charge in [-0.3, -0.25) is 19.3 Å². The molecule has 2 aromatic carbocycles. The number of carbonyl (C=O) groups is 3. The molecule has 0 atom stereocenters. The van der Waals surface area contributed by atoms with Gasteiger partial charge in [0, 0.05) is 12.6 Å². The number of amides is 3. The van der Waals surface area contributed by atoms with E-state index in [0.717, 1.165) is 36.1 Å². The first kappa shape index (κ1) is 22.2. The van der Waals surface area contributed by atoms with E-state index in [1.165, 1.54) is 0 Å². The minimum absolute atomic E-state index is 0.0112. The molecule has 0 aromatic heterocycles. The number of fused-ring (bicyclic) bond motifs is 1. The number of nitrogens with one attached hydrogen (secondary N) is 2. The number of nitrogens with zero attached hydrogens (tertiary/aromatic N) is 1. The van der Waals surface area contributed by atoms with Crippen LogP contribution in [0.4, 0.5) is 0 Å². The van der Waals surface area contributed by atoms with Crippen LogP contribution in [0.5, 0.6) is 0 Å². The minimum Gasteiger partial charge on any atom is -0.354 e. The largest absolute Gasteiger partial charge is 0.354 e. The van der Waals surface area contributed by atoms with E-state index in [9.17, 15) is 22.8 Å². The van der Waals surface area contributed by atoms with E-state index in [0.29, 0.717) is 24.1 Å². The number of benzene rings is 2. The predicted octanol–water partition coefficient (Wildman–Crippen LogP) is 1.86. The summed E-state index contributed by atoms with van der Waals surface area (Å²) in [7, 11) is -3.53. The number of hydrogen-bond acceptors (Lipinski definition) is 5. The third-order valence-corrected chi connectivity index (χ3v) is 7.36. The first-order valence-electron chi connectivity index (χ1n) is 10.7. The van der Waals surface area contributed by atoms with Crippen molar-refractivity contribution >= 4 is 27.7 Å². The lowest BCUT2D eigenvalue weighted by Gasteiger charge is -2.14. The van der Waals surface area contributed by atoms with E-state index in [4.69, 9.17) is 0 Å². The molecule has 2 aromatic rings. The van der Waals surface area contributed by atoms with E-state index >= 15 is 0 Å². The molecule has 9 heteroatoms. The predicted molar refractivity (Wildman–Crippen MR) is 118 cm³/mol. The summed E-state index contributed by atoms with van der Waals surface area (Å²) in [5.41, 5.74) is 1.48. The highest BCUT2D eigenvalue weighted by Crippen LogP contribution is 2.22. The van der Waals surface area contributed by atoms with Crippen molar-refractivity contribution in [1.82, 2.24) is 14.9 Å². The summed E-state index contributed by atoms with van der Waals surface area (Å²) in [6.07, 6.45) is 4.33. The molecule has 32 heavy (non-hydrogen) atoms. The second-order valence-corrected chi connectivity index (χ2v) is 9.80. The SMILES string of the molecule is O=C(CN1C(=O)c2ccccc2C1=O)NCCc1ccc(S(=O)(=O)NC2CCCC2)cc1. The molecule has 0 radical (unpaired) electrons. The molecule has 0 bridgehead atoms. The fourth-order valence-electron chi connectivity index (χ4n) is 4.09. The molecule has 0 saturated heterocycles. The Labute approximate surface area is 187 Å². The standard InChI is InChI=1S/C23H25N3O5S/c27-21(15-26-22(28)19-7-3-4-8-20(19)23(26)29)24-14-13-16-9-11-18(12-10-16)32(30,31)25-17-5-1-2-6-17/h3-4,7-12,17,25H,1-2,5-6,13-15H2,(H,24,27). The summed E-state index contributed by atoms with van der Waals surface area (Å²) in [5.74, 6) is -1.37. The van der Waals surface area contributed by atoms with E-state index in [1.807, 2.05) is 0 Å². The number of carbonyl (C=O) groups excluding carboxylic acids is 3. The molecule has 0 spiro atoms. The van der Waals surface area contributed by atoms with Crippen LogP contribution in [0.15, 0.2) is 53.4 Å². The van der Waals surface area contributed by atoms with Gasteiger partial charge in [0.25, 0.3) is 11.8 Å². The summed E-state index contributed by atoms with van der Waals surface area (Å²) in [6.45, 7) is -0.0369. The Bertz CT molecular complexity index is 1100. The van der Waals surface area contributed by atoms with E-state index in [-0.39, 0.29) is 17.5 Å². The van der Waals surface area contributed by atoms with E-state index in [1.54, 1.807) is 48.5 Å². The van der Waals surface area contributed by atoms with Crippen LogP contribution in [0.25, 0.3) is 0 Å². The van der Waals surface area contributed by atoms with Crippen LogP contribution >= 0.6 is 0 Å². The highest BCUT2D eigenvalue weighted by atomic mass is 32.2. The maximum atomic E-state index is 12.5. The molecule has 4 rings (SSSR count). The summed E-state index contributed by atoms with van der Waals surface area (Å²) in [4.78, 5) is 38.1. The minimum atomic E-state index is -3.53. The zero-order valence-electron chi connectivity index (χ0n) is 17.5. The van der Waals surface area contributed by atoms with Gasteiger partial charge in [0.15, 0.2) is 0 Å². The molecule has 1 aliphatic heterocycles. The monoisotopic (exact) mass is 455 g/mol. The van der Waals surface area contributed by atoms with Gasteiger partial charge in [0.05, 0.1) is 16.0 Å². The summed E-state index contributed by atoms with van der Waals surface area (Å²) in [6, 6.07) is 13.1. The zero-order valence-corrected chi connectivity index (χ0v) is 18.4. The number of imide groups is 1. The Morgan fingerprint density at radius 1 is 0.938 bits per heavy atom. The zero-order chi connectivity index (χ0) is 22.7. The topological polar surface area (TPSA) is 113 Å². The van der Waals surface area contributed by atoms with E-state index in [2.05, 4.69) is 10.0 Å². The van der Waals surface area contributed by atoms with Crippen LogP contribution in [0, 0.1) is 0 Å². The van der Waals surface area contributed by atoms with Gasteiger partial charge in [-0.05, 0) is 49.1 Å². The summed E-state index contributed by atoms with van der Waals surface area (Å²) < 4.78 is 27.7. The van der Waals surface area contributed by atoms with Gasteiger partial charge < -0.3 is 5.32 Å². The molecule has 8 nitrogen and oxygen atoms in total. The van der Waals surface area contributed by atoms with Gasteiger partial charge in [-0.25, -0.2) is 13.1 Å². The molecule has 0 unspecified atom stereocenters. The maximum absolute atomic E-state index is 12.5. The average molecular weight is 456 g/mol. The van der Waals surface area contributed by atoms with Crippen molar-refractivity contribution < 1.29 is 22.8 Å². The molecule has 3 amide bonds. The van der Waals surface area contributed by atoms with Crippen LogP contribution < -0.4 is 10.0 Å². The van der Waals surface area contributed by atoms with Crippen LogP contribution in [0.1, 0.15) is 52.0 Å². The first-order valence-corrected chi connectivity index (χ1v) is 12.2. The highest BCUT2D eigenvalue weighted by molar-refractivity contribution is 7.89. The lowest BCUT2D eigenvalue weighted by Crippen LogP contribution is -2.40. The smallest absolute Gasteiger partial charge is 0.262 e. The van der Waals surface area contributed by atoms with Crippen molar-refractivity contribution in [2.24, 2.45) is 0 Å². The molecular formula is C23H25N3O5S. The Morgan fingerprint density at radius 3 is 2.12 bits per heavy atom. The lowest BCUT2D eigenvalue weighted by atomic mass is 10.1. The number of sulfonamides is 1. The van der Waals surface area contributed by atoms with Crippen LogP contribution in [-0.4, -0.2) is 50.2 Å². The van der Waals surface area contributed by atoms with Crippen molar-refractivity contribution in [3.8, 4) is 0 Å². The third-order valence-electron chi connectivity index (χ3n) is 5.83. The Kier molecular flexibility index (Phi) is 6.38. The quantitative estimate of drug-likeness (QED) is 0.590. The fourth-order valence-corrected chi connectivity index (χ4v) is 5.40. The third kappa shape index (κ3) is 4.73. The Balaban J connectivity index is 1.26. The highest BCUT2D eigenvalue weighted by Gasteiger charge is 2.36. The van der Waals surface area contributed by atoms with Gasteiger partial charge >= 0.3 is 0 Å². The molecule has 1 fully saturated rings. The normalized spacial score (nSPS) is 16.4. The second-order valence-electron chi connectivity index (χ2n) is 8.09. The fraction of sp³-hybridized carbons (Fsp3) is 0.348. The van der Waals surface area contributed by atoms with E-state index < -0.39 is 27.7 Å². The molecule has 1 saturated carbocycles. The van der Waals surface area contributed by atoms with Crippen LogP contribution in [0.2, 0.25) is 0 Å². The summed E-state index contributed by atoms with van der Waals surface area (Å²) >= 11 is 0. The van der Waals surface area contributed by atoms with Crippen LogP contribution in [0.3, 0.4) is 0 Å². The molecule has 2 N–H and O–H groups in total. The Morgan fingerprint density at radius 2 is 1.53 bits per heavy atom. The van der Waals surface area contributed by atoms with Gasteiger partial charge in [-0.1, -0.05) is 37.1 Å². The molecule has 1 aliphatic carbocycles. The average Bonchev–Trinajstić information content (AvgIpc) is 3.36. The van der Waals surface area contributed by atoms with Gasteiger partial charge in [0.2, 0.25) is 15.9 Å². The molecule has 1 heterocycles. The van der Waals surface area contributed by atoms with Crippen molar-refractivity contribution in [3.63, 3.8) is 0 Å². The van der Waals surface area contributed by atoms with Gasteiger partial charge in [0.1, 0.15) is 6.54 Å². The number of rotatable bonds is 8. The Hall–Kier alpha value is -3.04. The van der Waals surface area contributed by atoms with Gasteiger partial charge in [-0.15, -0.1) is 0 Å². The van der Waals surface area contributed by atoms with Crippen molar-refractivity contribution in [1.29, 1.82) is 0 Å². The van der Waals surface area contributed by atoms with Crippen molar-refractivity contribution in [2.45, 2.75) is 43.0 Å². The van der Waals surface area contributed by atoms with Gasteiger partial charge in [-0.2, -0.15) is 0 Å². The van der Waals surface area contributed by atoms with Crippen molar-refractivity contribution in [2.75, 3.05) is 13.1 Å². The first-order chi connectivity index (χ1) is 15.3. The van der Waals surface area contributed by atoms with Crippen LogP contribution in [-0.2, 0) is 21.2 Å². The lowest BCUT2D eigenvalue weighted by molar-refractivity contribution is -0.121. The molecule has 168 valence electrons. The number of hydrogen-bond donors (Lipinski definition) is 2. The van der Waals surface area contributed by atoms with Crippen molar-refractivity contribution in [3.05, 3.63) is 65.2 Å². The molecular weight excluding hydrogens is 430 g/mol. The summed E-state index contributed by atoms with van der Waals surface area (Å²) in [5, 5.41) is 2.70.